The second-order valence-corrected chi connectivity index (χ2v) is 8.53. The van der Waals surface area contributed by atoms with E-state index in [1.54, 1.807) is 41.2 Å². The first-order chi connectivity index (χ1) is 15.4. The summed E-state index contributed by atoms with van der Waals surface area (Å²) in [5.41, 5.74) is 3.02. The van der Waals surface area contributed by atoms with E-state index in [-0.39, 0.29) is 12.2 Å². The minimum absolute atomic E-state index is 0.235. The van der Waals surface area contributed by atoms with Crippen LogP contribution in [0.4, 0.5) is 0 Å². The number of imidazole rings is 1. The number of aromatic nitrogens is 5. The third-order valence-corrected chi connectivity index (χ3v) is 6.19. The van der Waals surface area contributed by atoms with Gasteiger partial charge in [-0.05, 0) is 43.3 Å². The topological polar surface area (TPSA) is 57.6 Å². The van der Waals surface area contributed by atoms with E-state index in [9.17, 15) is 4.79 Å². The fraction of sp³-hybridized carbons (Fsp3) is 0.174. The lowest BCUT2D eigenvalue weighted by Crippen LogP contribution is -2.25. The van der Waals surface area contributed by atoms with E-state index >= 15 is 0 Å². The molecule has 0 N–H and O–H groups in total. The minimum Gasteiger partial charge on any atom is -0.330 e. The molecule has 0 aliphatic rings. The molecule has 4 rings (SSSR count). The van der Waals surface area contributed by atoms with Crippen LogP contribution in [0.3, 0.4) is 0 Å². The number of hydrogen-bond donors (Lipinski definition) is 0. The van der Waals surface area contributed by atoms with Crippen LogP contribution in [0.15, 0.2) is 66.2 Å². The summed E-state index contributed by atoms with van der Waals surface area (Å²) in [6.45, 7) is 6.76. The van der Waals surface area contributed by atoms with Crippen molar-refractivity contribution in [2.75, 3.05) is 0 Å². The van der Waals surface area contributed by atoms with Crippen molar-refractivity contribution in [1.29, 1.82) is 0 Å². The van der Waals surface area contributed by atoms with Crippen molar-refractivity contribution in [3.63, 3.8) is 0 Å². The van der Waals surface area contributed by atoms with Crippen LogP contribution in [-0.4, -0.2) is 23.9 Å². The highest BCUT2D eigenvalue weighted by Crippen LogP contribution is 2.26. The lowest BCUT2D eigenvalue weighted by atomic mass is 10.2. The second kappa shape index (κ2) is 9.36. The van der Waals surface area contributed by atoms with Crippen LogP contribution in [0.2, 0.25) is 15.1 Å². The molecule has 0 atom stereocenters. The highest BCUT2D eigenvalue weighted by molar-refractivity contribution is 6.36. The van der Waals surface area contributed by atoms with Crippen molar-refractivity contribution in [3.05, 3.63) is 104 Å². The van der Waals surface area contributed by atoms with Gasteiger partial charge in [-0.3, -0.25) is 4.57 Å². The van der Waals surface area contributed by atoms with E-state index < -0.39 is 0 Å². The summed E-state index contributed by atoms with van der Waals surface area (Å²) in [6, 6.07) is 12.6. The summed E-state index contributed by atoms with van der Waals surface area (Å²) in [6.07, 6.45) is 3.39. The summed E-state index contributed by atoms with van der Waals surface area (Å²) >= 11 is 18.6. The van der Waals surface area contributed by atoms with Gasteiger partial charge in [0.05, 0.1) is 25.1 Å². The third kappa shape index (κ3) is 4.39. The van der Waals surface area contributed by atoms with Gasteiger partial charge in [0.1, 0.15) is 0 Å². The molecule has 6 nitrogen and oxygen atoms in total. The van der Waals surface area contributed by atoms with Crippen LogP contribution in [0.25, 0.3) is 11.4 Å². The van der Waals surface area contributed by atoms with E-state index in [4.69, 9.17) is 34.8 Å². The van der Waals surface area contributed by atoms with Gasteiger partial charge in [0.15, 0.2) is 5.82 Å². The molecule has 2 heterocycles. The highest BCUT2D eigenvalue weighted by Gasteiger charge is 2.17. The lowest BCUT2D eigenvalue weighted by molar-refractivity contribution is 0.627. The average molecular weight is 489 g/mol. The molecular formula is C23H20Cl3N5O. The Balaban J connectivity index is 1.66. The minimum atomic E-state index is -0.238. The van der Waals surface area contributed by atoms with Gasteiger partial charge in [-0.25, -0.2) is 14.5 Å². The van der Waals surface area contributed by atoms with Crippen LogP contribution in [-0.2, 0) is 19.6 Å². The number of benzene rings is 2. The van der Waals surface area contributed by atoms with Gasteiger partial charge in [0.2, 0.25) is 0 Å². The summed E-state index contributed by atoms with van der Waals surface area (Å²) in [4.78, 5) is 17.5. The molecule has 0 aliphatic heterocycles. The Hall–Kier alpha value is -2.80. The first kappa shape index (κ1) is 22.4. The standard InChI is InChI=1S/C23H20Cl3N5O/c1-3-11-30-22(16-7-9-17(24)10-8-16)28-31(23(30)32)13-21-15(2)29(14-27-21)12-18-19(25)5-4-6-20(18)26/h3-10,14H,1,11-13H2,2H3. The smallest absolute Gasteiger partial charge is 0.330 e. The Kier molecular flexibility index (Phi) is 6.55. The first-order valence-corrected chi connectivity index (χ1v) is 11.0. The maximum absolute atomic E-state index is 13.0. The lowest BCUT2D eigenvalue weighted by Gasteiger charge is -2.10. The van der Waals surface area contributed by atoms with Crippen molar-refractivity contribution >= 4 is 34.8 Å². The molecule has 9 heteroatoms. The molecule has 4 aromatic rings. The molecule has 0 saturated carbocycles. The molecule has 2 aromatic heterocycles. The largest absolute Gasteiger partial charge is 0.346 e. The molecule has 0 amide bonds. The quantitative estimate of drug-likeness (QED) is 0.325. The molecule has 0 fully saturated rings. The number of hydrogen-bond acceptors (Lipinski definition) is 3. The Bertz CT molecular complexity index is 1310. The predicted molar refractivity (Wildman–Crippen MR) is 129 cm³/mol. The number of allylic oxidation sites excluding steroid dienone is 1. The molecule has 2 aromatic carbocycles. The molecule has 164 valence electrons. The van der Waals surface area contributed by atoms with Crippen LogP contribution in [0, 0.1) is 6.92 Å². The van der Waals surface area contributed by atoms with Gasteiger partial charge < -0.3 is 4.57 Å². The van der Waals surface area contributed by atoms with Crippen LogP contribution in [0.5, 0.6) is 0 Å². The Morgan fingerprint density at radius 1 is 1.03 bits per heavy atom. The second-order valence-electron chi connectivity index (χ2n) is 7.27. The fourth-order valence-corrected chi connectivity index (χ4v) is 4.09. The maximum atomic E-state index is 13.0. The molecule has 0 radical (unpaired) electrons. The zero-order valence-corrected chi connectivity index (χ0v) is 19.6. The van der Waals surface area contributed by atoms with Crippen molar-refractivity contribution in [1.82, 2.24) is 23.9 Å². The number of nitrogens with zero attached hydrogens (tertiary/aromatic N) is 5. The van der Waals surface area contributed by atoms with Gasteiger partial charge in [-0.2, -0.15) is 0 Å². The van der Waals surface area contributed by atoms with E-state index in [1.165, 1.54) is 4.68 Å². The van der Waals surface area contributed by atoms with Crippen molar-refractivity contribution in [2.45, 2.75) is 26.6 Å². The van der Waals surface area contributed by atoms with E-state index in [1.807, 2.05) is 29.7 Å². The molecule has 0 unspecified atom stereocenters. The first-order valence-electron chi connectivity index (χ1n) is 9.87. The van der Waals surface area contributed by atoms with Gasteiger partial charge in [0.25, 0.3) is 0 Å². The molecule has 0 bridgehead atoms. The van der Waals surface area contributed by atoms with Crippen LogP contribution in [0.1, 0.15) is 17.0 Å². The van der Waals surface area contributed by atoms with Crippen molar-refractivity contribution < 1.29 is 0 Å². The number of halogens is 3. The molecule has 0 spiro atoms. The fourth-order valence-electron chi connectivity index (χ4n) is 3.45. The summed E-state index contributed by atoms with van der Waals surface area (Å²) in [5.74, 6) is 0.548. The Morgan fingerprint density at radius 3 is 2.38 bits per heavy atom. The van der Waals surface area contributed by atoms with Gasteiger partial charge in [-0.15, -0.1) is 11.7 Å². The monoisotopic (exact) mass is 487 g/mol. The molecule has 0 aliphatic carbocycles. The van der Waals surface area contributed by atoms with Crippen LogP contribution >= 0.6 is 34.8 Å². The van der Waals surface area contributed by atoms with E-state index in [0.29, 0.717) is 34.0 Å². The zero-order valence-electron chi connectivity index (χ0n) is 17.3. The summed E-state index contributed by atoms with van der Waals surface area (Å²) < 4.78 is 4.94. The molecular weight excluding hydrogens is 469 g/mol. The number of rotatable bonds is 7. The average Bonchev–Trinajstić information content (AvgIpc) is 3.27. The normalized spacial score (nSPS) is 11.1. The summed E-state index contributed by atoms with van der Waals surface area (Å²) in [7, 11) is 0. The maximum Gasteiger partial charge on any atom is 0.346 e. The predicted octanol–water partition coefficient (Wildman–Crippen LogP) is 5.46. The zero-order chi connectivity index (χ0) is 22.8. The highest BCUT2D eigenvalue weighted by atomic mass is 35.5. The van der Waals surface area contributed by atoms with E-state index in [0.717, 1.165) is 22.5 Å². The Labute approximate surface area is 200 Å². The third-order valence-electron chi connectivity index (χ3n) is 5.23. The van der Waals surface area contributed by atoms with Gasteiger partial charge in [0, 0.05) is 38.4 Å². The van der Waals surface area contributed by atoms with Crippen LogP contribution < -0.4 is 5.69 Å². The van der Waals surface area contributed by atoms with E-state index in [2.05, 4.69) is 16.7 Å². The van der Waals surface area contributed by atoms with Gasteiger partial charge >= 0.3 is 5.69 Å². The Morgan fingerprint density at radius 2 is 1.72 bits per heavy atom. The molecule has 32 heavy (non-hydrogen) atoms. The van der Waals surface area contributed by atoms with Crippen molar-refractivity contribution in [2.24, 2.45) is 0 Å². The molecule has 0 saturated heterocycles. The van der Waals surface area contributed by atoms with Crippen molar-refractivity contribution in [3.8, 4) is 11.4 Å². The summed E-state index contributed by atoms with van der Waals surface area (Å²) in [5, 5.41) is 6.38. The van der Waals surface area contributed by atoms with Gasteiger partial charge in [-0.1, -0.05) is 46.9 Å². The SMILES string of the molecule is C=CCn1c(-c2ccc(Cl)cc2)nn(Cc2ncn(Cc3c(Cl)cccc3Cl)c2C)c1=O.